The van der Waals surface area contributed by atoms with Crippen LogP contribution in [0.15, 0.2) is 28.8 Å². The number of benzene rings is 1. The standard InChI is InChI=1S/C17H22N2O3/c1-3-13-10-12(8-9-21-13)11-16-18-17(19-22-16)14-6-4-5-7-15(14)20-2/h4-7,12-13H,3,8-11H2,1-2H3/t12-,13-/m1/s1. The number of aromatic nitrogens is 2. The summed E-state index contributed by atoms with van der Waals surface area (Å²) in [6, 6.07) is 7.71. The first-order valence-corrected chi connectivity index (χ1v) is 7.87. The van der Waals surface area contributed by atoms with Crippen molar-refractivity contribution in [1.29, 1.82) is 0 Å². The molecule has 1 fully saturated rings. The van der Waals surface area contributed by atoms with Gasteiger partial charge in [0.2, 0.25) is 11.7 Å². The number of hydrogen-bond acceptors (Lipinski definition) is 5. The van der Waals surface area contributed by atoms with E-state index in [0.29, 0.717) is 23.7 Å². The number of ether oxygens (including phenoxy) is 2. The molecule has 118 valence electrons. The van der Waals surface area contributed by atoms with Crippen molar-refractivity contribution in [3.05, 3.63) is 30.2 Å². The van der Waals surface area contributed by atoms with Crippen LogP contribution < -0.4 is 4.74 Å². The van der Waals surface area contributed by atoms with Gasteiger partial charge >= 0.3 is 0 Å². The fourth-order valence-electron chi connectivity index (χ4n) is 2.95. The van der Waals surface area contributed by atoms with Crippen molar-refractivity contribution in [2.24, 2.45) is 5.92 Å². The Labute approximate surface area is 130 Å². The van der Waals surface area contributed by atoms with Crippen LogP contribution in [-0.2, 0) is 11.2 Å². The highest BCUT2D eigenvalue weighted by molar-refractivity contribution is 5.63. The second kappa shape index (κ2) is 6.92. The van der Waals surface area contributed by atoms with E-state index in [-0.39, 0.29) is 0 Å². The van der Waals surface area contributed by atoms with E-state index < -0.39 is 0 Å². The Morgan fingerprint density at radius 3 is 3.00 bits per heavy atom. The Bertz CT molecular complexity index is 611. The van der Waals surface area contributed by atoms with E-state index in [1.165, 1.54) is 0 Å². The molecule has 0 aliphatic carbocycles. The second-order valence-electron chi connectivity index (χ2n) is 5.71. The minimum Gasteiger partial charge on any atom is -0.496 e. The van der Waals surface area contributed by atoms with Crippen LogP contribution in [0.1, 0.15) is 32.1 Å². The van der Waals surface area contributed by atoms with E-state index >= 15 is 0 Å². The molecule has 3 rings (SSSR count). The van der Waals surface area contributed by atoms with Crippen molar-refractivity contribution in [1.82, 2.24) is 10.1 Å². The van der Waals surface area contributed by atoms with E-state index in [1.54, 1.807) is 7.11 Å². The SMILES string of the molecule is CC[C@@H]1C[C@H](Cc2nc(-c3ccccc3OC)no2)CCO1. The van der Waals surface area contributed by atoms with Crippen molar-refractivity contribution < 1.29 is 14.0 Å². The summed E-state index contributed by atoms with van der Waals surface area (Å²) in [6.07, 6.45) is 4.39. The molecule has 0 amide bonds. The van der Waals surface area contributed by atoms with Crippen molar-refractivity contribution in [2.45, 2.75) is 38.7 Å². The zero-order valence-electron chi connectivity index (χ0n) is 13.1. The number of hydrogen-bond donors (Lipinski definition) is 0. The zero-order chi connectivity index (χ0) is 15.4. The van der Waals surface area contributed by atoms with Gasteiger partial charge in [0.05, 0.1) is 18.8 Å². The van der Waals surface area contributed by atoms with Crippen LogP contribution in [0.4, 0.5) is 0 Å². The number of nitrogens with zero attached hydrogens (tertiary/aromatic N) is 2. The fourth-order valence-corrected chi connectivity index (χ4v) is 2.95. The summed E-state index contributed by atoms with van der Waals surface area (Å²) in [6.45, 7) is 3.00. The largest absolute Gasteiger partial charge is 0.496 e. The summed E-state index contributed by atoms with van der Waals surface area (Å²) in [4.78, 5) is 4.54. The van der Waals surface area contributed by atoms with Crippen LogP contribution in [0.5, 0.6) is 5.75 Å². The highest BCUT2D eigenvalue weighted by Crippen LogP contribution is 2.29. The highest BCUT2D eigenvalue weighted by atomic mass is 16.5. The molecule has 5 nitrogen and oxygen atoms in total. The van der Waals surface area contributed by atoms with Crippen molar-refractivity contribution in [3.63, 3.8) is 0 Å². The number of methoxy groups -OCH3 is 1. The molecule has 5 heteroatoms. The van der Waals surface area contributed by atoms with Gasteiger partial charge in [-0.05, 0) is 37.3 Å². The fraction of sp³-hybridized carbons (Fsp3) is 0.529. The lowest BCUT2D eigenvalue weighted by atomic mass is 9.91. The molecule has 0 bridgehead atoms. The first kappa shape index (κ1) is 15.0. The Hall–Kier alpha value is -1.88. The van der Waals surface area contributed by atoms with Crippen LogP contribution in [0, 0.1) is 5.92 Å². The van der Waals surface area contributed by atoms with Gasteiger partial charge in [-0.2, -0.15) is 4.98 Å². The summed E-state index contributed by atoms with van der Waals surface area (Å²) in [5.74, 6) is 2.60. The molecule has 0 saturated carbocycles. The first-order chi connectivity index (χ1) is 10.8. The molecule has 0 radical (unpaired) electrons. The van der Waals surface area contributed by atoms with Gasteiger partial charge in [0.1, 0.15) is 5.75 Å². The molecule has 1 aliphatic heterocycles. The molecule has 2 aromatic rings. The molecule has 2 heterocycles. The molecule has 0 unspecified atom stereocenters. The topological polar surface area (TPSA) is 57.4 Å². The highest BCUT2D eigenvalue weighted by Gasteiger charge is 2.24. The van der Waals surface area contributed by atoms with Gasteiger partial charge in [-0.15, -0.1) is 0 Å². The predicted molar refractivity (Wildman–Crippen MR) is 82.7 cm³/mol. The maximum atomic E-state index is 5.72. The smallest absolute Gasteiger partial charge is 0.227 e. The molecule has 1 aliphatic rings. The van der Waals surface area contributed by atoms with Crippen LogP contribution in [0.25, 0.3) is 11.4 Å². The molecular weight excluding hydrogens is 280 g/mol. The molecule has 1 aromatic heterocycles. The summed E-state index contributed by atoms with van der Waals surface area (Å²) in [5.41, 5.74) is 0.860. The quantitative estimate of drug-likeness (QED) is 0.846. The molecule has 22 heavy (non-hydrogen) atoms. The van der Waals surface area contributed by atoms with Gasteiger partial charge in [-0.1, -0.05) is 24.2 Å². The van der Waals surface area contributed by atoms with E-state index in [9.17, 15) is 0 Å². The van der Waals surface area contributed by atoms with Gasteiger partial charge in [0, 0.05) is 13.0 Å². The average molecular weight is 302 g/mol. The number of para-hydroxylation sites is 1. The molecular formula is C17H22N2O3. The van der Waals surface area contributed by atoms with Crippen molar-refractivity contribution >= 4 is 0 Å². The third-order valence-electron chi connectivity index (χ3n) is 4.21. The first-order valence-electron chi connectivity index (χ1n) is 7.87. The van der Waals surface area contributed by atoms with Crippen molar-refractivity contribution in [2.75, 3.05) is 13.7 Å². The minimum atomic E-state index is 0.371. The zero-order valence-corrected chi connectivity index (χ0v) is 13.1. The molecule has 2 atom stereocenters. The summed E-state index contributed by atoms with van der Waals surface area (Å²) in [5, 5.41) is 4.10. The van der Waals surface area contributed by atoms with Gasteiger partial charge < -0.3 is 14.0 Å². The minimum absolute atomic E-state index is 0.371. The van der Waals surface area contributed by atoms with E-state index in [4.69, 9.17) is 14.0 Å². The number of rotatable bonds is 5. The summed E-state index contributed by atoms with van der Waals surface area (Å²) < 4.78 is 16.5. The molecule has 0 N–H and O–H groups in total. The Kier molecular flexibility index (Phi) is 4.73. The molecule has 1 saturated heterocycles. The lowest BCUT2D eigenvalue weighted by Gasteiger charge is -2.27. The van der Waals surface area contributed by atoms with E-state index in [1.807, 2.05) is 24.3 Å². The molecule has 0 spiro atoms. The van der Waals surface area contributed by atoms with Crippen LogP contribution in [0.2, 0.25) is 0 Å². The summed E-state index contributed by atoms with van der Waals surface area (Å²) >= 11 is 0. The van der Waals surface area contributed by atoms with E-state index in [2.05, 4.69) is 17.1 Å². The normalized spacial score (nSPS) is 21.7. The van der Waals surface area contributed by atoms with Crippen LogP contribution in [0.3, 0.4) is 0 Å². The third kappa shape index (κ3) is 3.30. The van der Waals surface area contributed by atoms with Gasteiger partial charge in [-0.25, -0.2) is 0 Å². The Morgan fingerprint density at radius 2 is 2.18 bits per heavy atom. The van der Waals surface area contributed by atoms with Gasteiger partial charge in [0.15, 0.2) is 0 Å². The Morgan fingerprint density at radius 1 is 1.32 bits per heavy atom. The third-order valence-corrected chi connectivity index (χ3v) is 4.21. The average Bonchev–Trinajstić information content (AvgIpc) is 3.03. The van der Waals surface area contributed by atoms with Crippen LogP contribution >= 0.6 is 0 Å². The maximum absolute atomic E-state index is 5.72. The molecule has 1 aromatic carbocycles. The van der Waals surface area contributed by atoms with Gasteiger partial charge in [0.25, 0.3) is 0 Å². The van der Waals surface area contributed by atoms with E-state index in [0.717, 1.165) is 43.6 Å². The summed E-state index contributed by atoms with van der Waals surface area (Å²) in [7, 11) is 1.65. The maximum Gasteiger partial charge on any atom is 0.227 e. The lowest BCUT2D eigenvalue weighted by molar-refractivity contribution is -0.0115. The Balaban J connectivity index is 1.71. The monoisotopic (exact) mass is 302 g/mol. The predicted octanol–water partition coefficient (Wildman–Crippen LogP) is 3.49. The van der Waals surface area contributed by atoms with Crippen LogP contribution in [-0.4, -0.2) is 30.0 Å². The van der Waals surface area contributed by atoms with Gasteiger partial charge in [-0.3, -0.25) is 0 Å². The second-order valence-corrected chi connectivity index (χ2v) is 5.71. The van der Waals surface area contributed by atoms with Crippen molar-refractivity contribution in [3.8, 4) is 17.1 Å². The lowest BCUT2D eigenvalue weighted by Crippen LogP contribution is -2.26.